The van der Waals surface area contributed by atoms with E-state index in [1.54, 1.807) is 0 Å². The summed E-state index contributed by atoms with van der Waals surface area (Å²) in [6.07, 6.45) is 14.9. The Morgan fingerprint density at radius 1 is 1.00 bits per heavy atom. The summed E-state index contributed by atoms with van der Waals surface area (Å²) in [5.41, 5.74) is 5.72. The van der Waals surface area contributed by atoms with Crippen LogP contribution in [0.4, 0.5) is 0 Å². The van der Waals surface area contributed by atoms with Crippen molar-refractivity contribution >= 4 is 5.84 Å². The van der Waals surface area contributed by atoms with Crippen molar-refractivity contribution in [3.05, 3.63) is 0 Å². The maximum atomic E-state index is 5.72. The number of hydrogen-bond acceptors (Lipinski definition) is 3. The van der Waals surface area contributed by atoms with Crippen LogP contribution in [0, 0.1) is 5.92 Å². The molecule has 1 unspecified atom stereocenters. The number of nitrogens with one attached hydrogen (secondary N) is 1. The molecule has 0 aliphatic carbocycles. The first kappa shape index (κ1) is 17.5. The quantitative estimate of drug-likeness (QED) is 0.503. The molecule has 0 fully saturated rings. The molecule has 0 bridgehead atoms. The Morgan fingerprint density at radius 2 is 1.65 bits per heavy atom. The lowest BCUT2D eigenvalue weighted by Crippen LogP contribution is -2.28. The Balaban J connectivity index is 1.98. The zero-order valence-corrected chi connectivity index (χ0v) is 13.5. The van der Waals surface area contributed by atoms with E-state index in [-0.39, 0.29) is 0 Å². The van der Waals surface area contributed by atoms with Gasteiger partial charge < -0.3 is 11.1 Å². The number of unbranched alkanes of at least 4 members (excludes halogenated alkanes) is 8. The van der Waals surface area contributed by atoms with Crippen molar-refractivity contribution < 1.29 is 0 Å². The van der Waals surface area contributed by atoms with E-state index in [2.05, 4.69) is 17.2 Å². The van der Waals surface area contributed by atoms with Gasteiger partial charge in [-0.25, -0.2) is 0 Å². The predicted molar refractivity (Wildman–Crippen MR) is 89.3 cm³/mol. The zero-order valence-electron chi connectivity index (χ0n) is 13.5. The van der Waals surface area contributed by atoms with Crippen molar-refractivity contribution in [2.45, 2.75) is 77.6 Å². The highest BCUT2D eigenvalue weighted by Gasteiger charge is 2.17. The Labute approximate surface area is 125 Å². The third-order valence-electron chi connectivity index (χ3n) is 4.26. The summed E-state index contributed by atoms with van der Waals surface area (Å²) in [7, 11) is 0. The van der Waals surface area contributed by atoms with Crippen molar-refractivity contribution in [2.24, 2.45) is 16.6 Å². The van der Waals surface area contributed by atoms with Gasteiger partial charge in [0.1, 0.15) is 0 Å². The van der Waals surface area contributed by atoms with Gasteiger partial charge in [0.2, 0.25) is 0 Å². The fourth-order valence-corrected chi connectivity index (χ4v) is 3.01. The molecular formula is C17H35N3. The normalized spacial score (nSPS) is 16.0. The fourth-order valence-electron chi connectivity index (χ4n) is 3.01. The van der Waals surface area contributed by atoms with Crippen LogP contribution in [-0.4, -0.2) is 25.5 Å². The smallest absolute Gasteiger partial charge is 0.0996 e. The molecule has 0 aromatic rings. The van der Waals surface area contributed by atoms with Crippen molar-refractivity contribution in [3.8, 4) is 0 Å². The van der Waals surface area contributed by atoms with Crippen LogP contribution in [0.2, 0.25) is 0 Å². The third kappa shape index (κ3) is 7.88. The number of amidine groups is 1. The van der Waals surface area contributed by atoms with Crippen LogP contribution < -0.4 is 11.1 Å². The van der Waals surface area contributed by atoms with Gasteiger partial charge in [-0.05, 0) is 19.4 Å². The lowest BCUT2D eigenvalue weighted by molar-refractivity contribution is 0.506. The highest BCUT2D eigenvalue weighted by molar-refractivity contribution is 5.85. The summed E-state index contributed by atoms with van der Waals surface area (Å²) in [4.78, 5) is 4.56. The Morgan fingerprint density at radius 3 is 2.20 bits per heavy atom. The van der Waals surface area contributed by atoms with Gasteiger partial charge in [-0.2, -0.15) is 0 Å². The van der Waals surface area contributed by atoms with Gasteiger partial charge in [-0.1, -0.05) is 64.7 Å². The van der Waals surface area contributed by atoms with Crippen molar-refractivity contribution in [3.63, 3.8) is 0 Å². The molecule has 1 aliphatic heterocycles. The third-order valence-corrected chi connectivity index (χ3v) is 4.26. The SMILES string of the molecule is CCCCCCCCCCCC(CCN)C1=NCCN1. The van der Waals surface area contributed by atoms with Gasteiger partial charge in [0.05, 0.1) is 12.4 Å². The van der Waals surface area contributed by atoms with E-state index < -0.39 is 0 Å². The van der Waals surface area contributed by atoms with Crippen LogP contribution in [0.5, 0.6) is 0 Å². The summed E-state index contributed by atoms with van der Waals surface area (Å²) in [6, 6.07) is 0. The van der Waals surface area contributed by atoms with Crippen LogP contribution in [0.15, 0.2) is 4.99 Å². The number of nitrogens with two attached hydrogens (primary N) is 1. The summed E-state index contributed by atoms with van der Waals surface area (Å²) >= 11 is 0. The summed E-state index contributed by atoms with van der Waals surface area (Å²) in [5, 5.41) is 3.42. The zero-order chi connectivity index (χ0) is 14.5. The second-order valence-corrected chi connectivity index (χ2v) is 6.09. The first-order chi connectivity index (χ1) is 9.88. The molecule has 1 atom stereocenters. The first-order valence-corrected chi connectivity index (χ1v) is 8.86. The molecule has 1 heterocycles. The van der Waals surface area contributed by atoms with E-state index in [9.17, 15) is 0 Å². The minimum absolute atomic E-state index is 0.590. The minimum Gasteiger partial charge on any atom is -0.372 e. The second-order valence-electron chi connectivity index (χ2n) is 6.09. The molecule has 3 N–H and O–H groups in total. The van der Waals surface area contributed by atoms with Crippen LogP contribution in [0.1, 0.15) is 77.6 Å². The van der Waals surface area contributed by atoms with E-state index >= 15 is 0 Å². The molecule has 3 nitrogen and oxygen atoms in total. The molecule has 0 saturated carbocycles. The molecule has 0 radical (unpaired) electrons. The van der Waals surface area contributed by atoms with Crippen LogP contribution in [0.25, 0.3) is 0 Å². The largest absolute Gasteiger partial charge is 0.372 e. The highest BCUT2D eigenvalue weighted by Crippen LogP contribution is 2.17. The predicted octanol–water partition coefficient (Wildman–Crippen LogP) is 3.87. The van der Waals surface area contributed by atoms with Crippen LogP contribution in [-0.2, 0) is 0 Å². The van der Waals surface area contributed by atoms with Gasteiger partial charge in [0.25, 0.3) is 0 Å². The van der Waals surface area contributed by atoms with Gasteiger partial charge in [0.15, 0.2) is 0 Å². The molecule has 0 aromatic heterocycles. The molecule has 0 aromatic carbocycles. The van der Waals surface area contributed by atoms with Gasteiger partial charge in [-0.3, -0.25) is 4.99 Å². The first-order valence-electron chi connectivity index (χ1n) is 8.86. The van der Waals surface area contributed by atoms with Crippen LogP contribution >= 0.6 is 0 Å². The number of nitrogens with zero attached hydrogens (tertiary/aromatic N) is 1. The fraction of sp³-hybridized carbons (Fsp3) is 0.941. The lowest BCUT2D eigenvalue weighted by atomic mass is 9.96. The Hall–Kier alpha value is -0.570. The van der Waals surface area contributed by atoms with E-state index in [0.717, 1.165) is 26.1 Å². The Bertz CT molecular complexity index is 251. The van der Waals surface area contributed by atoms with E-state index in [4.69, 9.17) is 5.73 Å². The average Bonchev–Trinajstić information content (AvgIpc) is 2.98. The standard InChI is InChI=1S/C17H35N3/c1-2-3-4-5-6-7-8-9-10-11-16(12-13-18)17-19-14-15-20-17/h16H,2-15,18H2,1H3,(H,19,20). The number of aliphatic imine (C=N–C) groups is 1. The van der Waals surface area contributed by atoms with E-state index in [0.29, 0.717) is 5.92 Å². The van der Waals surface area contributed by atoms with Gasteiger partial charge >= 0.3 is 0 Å². The number of rotatable bonds is 13. The van der Waals surface area contributed by atoms with Crippen molar-refractivity contribution in [1.29, 1.82) is 0 Å². The molecule has 0 amide bonds. The Kier molecular flexibility index (Phi) is 10.7. The molecule has 1 aliphatic rings. The van der Waals surface area contributed by atoms with Crippen molar-refractivity contribution in [2.75, 3.05) is 19.6 Å². The minimum atomic E-state index is 0.590. The molecule has 0 spiro atoms. The van der Waals surface area contributed by atoms with Crippen molar-refractivity contribution in [1.82, 2.24) is 5.32 Å². The molecule has 20 heavy (non-hydrogen) atoms. The second kappa shape index (κ2) is 12.2. The van der Waals surface area contributed by atoms with Crippen LogP contribution in [0.3, 0.4) is 0 Å². The van der Waals surface area contributed by atoms with Gasteiger partial charge in [-0.15, -0.1) is 0 Å². The number of hydrogen-bond donors (Lipinski definition) is 2. The van der Waals surface area contributed by atoms with Gasteiger partial charge in [0, 0.05) is 12.5 Å². The topological polar surface area (TPSA) is 50.4 Å². The maximum Gasteiger partial charge on any atom is 0.0996 e. The molecule has 118 valence electrons. The monoisotopic (exact) mass is 281 g/mol. The summed E-state index contributed by atoms with van der Waals surface area (Å²) < 4.78 is 0. The molecular weight excluding hydrogens is 246 g/mol. The maximum absolute atomic E-state index is 5.72. The lowest BCUT2D eigenvalue weighted by Gasteiger charge is -2.16. The van der Waals surface area contributed by atoms with E-state index in [1.807, 2.05) is 0 Å². The highest BCUT2D eigenvalue weighted by atomic mass is 15.1. The summed E-state index contributed by atoms with van der Waals surface area (Å²) in [5.74, 6) is 1.82. The molecule has 3 heteroatoms. The molecule has 1 rings (SSSR count). The molecule has 0 saturated heterocycles. The van der Waals surface area contributed by atoms with E-state index in [1.165, 1.54) is 70.0 Å². The average molecular weight is 281 g/mol. The summed E-state index contributed by atoms with van der Waals surface area (Å²) in [6.45, 7) is 5.03.